The van der Waals surface area contributed by atoms with Gasteiger partial charge in [-0.25, -0.2) is 0 Å². The first-order valence-electron chi connectivity index (χ1n) is 6.33. The summed E-state index contributed by atoms with van der Waals surface area (Å²) < 4.78 is 5.32. The molecule has 3 nitrogen and oxygen atoms in total. The molecular weight excluding hydrogens is 236 g/mol. The van der Waals surface area contributed by atoms with Crippen molar-refractivity contribution in [2.24, 2.45) is 0 Å². The Bertz CT molecular complexity index is 521. The molecule has 0 heterocycles. The normalized spacial score (nSPS) is 10.5. The van der Waals surface area contributed by atoms with E-state index in [9.17, 15) is 0 Å². The molecule has 0 unspecified atom stereocenters. The van der Waals surface area contributed by atoms with Crippen molar-refractivity contribution in [2.75, 3.05) is 26.5 Å². The van der Waals surface area contributed by atoms with Crippen LogP contribution in [0.4, 0.5) is 11.4 Å². The van der Waals surface area contributed by atoms with Crippen LogP contribution in [0.25, 0.3) is 0 Å². The van der Waals surface area contributed by atoms with Crippen molar-refractivity contribution >= 4 is 11.4 Å². The van der Waals surface area contributed by atoms with E-state index in [0.29, 0.717) is 0 Å². The van der Waals surface area contributed by atoms with Crippen molar-refractivity contribution in [3.8, 4) is 5.75 Å². The van der Waals surface area contributed by atoms with E-state index in [1.165, 1.54) is 5.56 Å². The SMILES string of the molecule is COc1ccccc1Nc1ccc(CN(C)C)cc1. The third kappa shape index (κ3) is 3.73. The molecule has 2 rings (SSSR count). The highest BCUT2D eigenvalue weighted by Crippen LogP contribution is 2.26. The highest BCUT2D eigenvalue weighted by Gasteiger charge is 2.02. The third-order valence-corrected chi connectivity index (χ3v) is 2.84. The predicted molar refractivity (Wildman–Crippen MR) is 80.1 cm³/mol. The molecular formula is C16H20N2O. The van der Waals surface area contributed by atoms with Gasteiger partial charge in [-0.3, -0.25) is 0 Å². The summed E-state index contributed by atoms with van der Waals surface area (Å²) in [6.07, 6.45) is 0. The van der Waals surface area contributed by atoms with Gasteiger partial charge in [-0.05, 0) is 43.9 Å². The molecule has 0 aliphatic heterocycles. The van der Waals surface area contributed by atoms with Gasteiger partial charge in [0.15, 0.2) is 0 Å². The van der Waals surface area contributed by atoms with E-state index in [-0.39, 0.29) is 0 Å². The van der Waals surface area contributed by atoms with Crippen LogP contribution in [0, 0.1) is 0 Å². The topological polar surface area (TPSA) is 24.5 Å². The number of para-hydroxylation sites is 2. The number of anilines is 2. The molecule has 0 amide bonds. The van der Waals surface area contributed by atoms with E-state index in [1.54, 1.807) is 7.11 Å². The molecule has 1 N–H and O–H groups in total. The minimum absolute atomic E-state index is 0.847. The first-order chi connectivity index (χ1) is 9.19. The molecule has 0 radical (unpaired) electrons. The Balaban J connectivity index is 2.11. The zero-order valence-electron chi connectivity index (χ0n) is 11.7. The third-order valence-electron chi connectivity index (χ3n) is 2.84. The Morgan fingerprint density at radius 2 is 1.68 bits per heavy atom. The largest absolute Gasteiger partial charge is 0.495 e. The average molecular weight is 256 g/mol. The zero-order valence-corrected chi connectivity index (χ0v) is 11.7. The van der Waals surface area contributed by atoms with Gasteiger partial charge in [0, 0.05) is 12.2 Å². The Morgan fingerprint density at radius 3 is 2.32 bits per heavy atom. The van der Waals surface area contributed by atoms with E-state index in [2.05, 4.69) is 48.6 Å². The standard InChI is InChI=1S/C16H20N2O/c1-18(2)12-13-8-10-14(11-9-13)17-15-6-4-5-7-16(15)19-3/h4-11,17H,12H2,1-3H3. The number of methoxy groups -OCH3 is 1. The second-order valence-corrected chi connectivity index (χ2v) is 4.76. The van der Waals surface area contributed by atoms with Crippen molar-refractivity contribution in [2.45, 2.75) is 6.54 Å². The Labute approximate surface area is 114 Å². The first-order valence-corrected chi connectivity index (χ1v) is 6.33. The fourth-order valence-electron chi connectivity index (χ4n) is 1.96. The van der Waals surface area contributed by atoms with Crippen LogP contribution in [0.5, 0.6) is 5.75 Å². The number of nitrogens with zero attached hydrogens (tertiary/aromatic N) is 1. The molecule has 0 spiro atoms. The van der Waals surface area contributed by atoms with Crippen LogP contribution in [-0.2, 0) is 6.54 Å². The van der Waals surface area contributed by atoms with E-state index in [0.717, 1.165) is 23.7 Å². The minimum Gasteiger partial charge on any atom is -0.495 e. The summed E-state index contributed by atoms with van der Waals surface area (Å²) in [5.74, 6) is 0.847. The van der Waals surface area contributed by atoms with Crippen molar-refractivity contribution in [3.63, 3.8) is 0 Å². The zero-order chi connectivity index (χ0) is 13.7. The quantitative estimate of drug-likeness (QED) is 0.886. The van der Waals surface area contributed by atoms with Gasteiger partial charge in [-0.1, -0.05) is 24.3 Å². The van der Waals surface area contributed by atoms with Gasteiger partial charge in [0.25, 0.3) is 0 Å². The number of ether oxygens (including phenoxy) is 1. The maximum absolute atomic E-state index is 5.32. The Kier molecular flexibility index (Phi) is 4.42. The van der Waals surface area contributed by atoms with E-state index in [4.69, 9.17) is 4.74 Å². The van der Waals surface area contributed by atoms with Gasteiger partial charge in [-0.15, -0.1) is 0 Å². The molecule has 0 bridgehead atoms. The molecule has 3 heteroatoms. The van der Waals surface area contributed by atoms with Gasteiger partial charge in [0.1, 0.15) is 5.75 Å². The molecule has 2 aromatic carbocycles. The van der Waals surface area contributed by atoms with Crippen molar-refractivity contribution in [3.05, 3.63) is 54.1 Å². The maximum atomic E-state index is 5.32. The number of rotatable bonds is 5. The van der Waals surface area contributed by atoms with Crippen molar-refractivity contribution in [1.82, 2.24) is 4.90 Å². The summed E-state index contributed by atoms with van der Waals surface area (Å²) >= 11 is 0. The second kappa shape index (κ2) is 6.25. The minimum atomic E-state index is 0.847. The fraction of sp³-hybridized carbons (Fsp3) is 0.250. The highest BCUT2D eigenvalue weighted by atomic mass is 16.5. The van der Waals surface area contributed by atoms with Crippen LogP contribution >= 0.6 is 0 Å². The van der Waals surface area contributed by atoms with E-state index < -0.39 is 0 Å². The van der Waals surface area contributed by atoms with Crippen molar-refractivity contribution in [1.29, 1.82) is 0 Å². The molecule has 0 fully saturated rings. The van der Waals surface area contributed by atoms with Crippen LogP contribution in [0.2, 0.25) is 0 Å². The average Bonchev–Trinajstić information content (AvgIpc) is 2.41. The predicted octanol–water partition coefficient (Wildman–Crippen LogP) is 3.50. The molecule has 0 atom stereocenters. The molecule has 0 saturated carbocycles. The molecule has 0 aromatic heterocycles. The Hall–Kier alpha value is -2.00. The maximum Gasteiger partial charge on any atom is 0.142 e. The lowest BCUT2D eigenvalue weighted by atomic mass is 10.2. The summed E-state index contributed by atoms with van der Waals surface area (Å²) in [7, 11) is 5.82. The molecule has 0 aliphatic carbocycles. The summed E-state index contributed by atoms with van der Waals surface area (Å²) in [5, 5.41) is 3.37. The molecule has 19 heavy (non-hydrogen) atoms. The smallest absolute Gasteiger partial charge is 0.142 e. The number of hydrogen-bond acceptors (Lipinski definition) is 3. The van der Waals surface area contributed by atoms with Crippen LogP contribution < -0.4 is 10.1 Å². The van der Waals surface area contributed by atoms with Crippen LogP contribution in [0.1, 0.15) is 5.56 Å². The fourth-order valence-corrected chi connectivity index (χ4v) is 1.96. The second-order valence-electron chi connectivity index (χ2n) is 4.76. The molecule has 100 valence electrons. The van der Waals surface area contributed by atoms with Gasteiger partial charge < -0.3 is 15.0 Å². The lowest BCUT2D eigenvalue weighted by Crippen LogP contribution is -2.10. The number of hydrogen-bond donors (Lipinski definition) is 1. The monoisotopic (exact) mass is 256 g/mol. The van der Waals surface area contributed by atoms with Gasteiger partial charge in [0.2, 0.25) is 0 Å². The Morgan fingerprint density at radius 1 is 1.00 bits per heavy atom. The van der Waals surface area contributed by atoms with E-state index in [1.807, 2.05) is 24.3 Å². The highest BCUT2D eigenvalue weighted by molar-refractivity contribution is 5.66. The number of benzene rings is 2. The van der Waals surface area contributed by atoms with Gasteiger partial charge in [-0.2, -0.15) is 0 Å². The van der Waals surface area contributed by atoms with Crippen molar-refractivity contribution < 1.29 is 4.74 Å². The molecule has 0 saturated heterocycles. The lowest BCUT2D eigenvalue weighted by molar-refractivity contribution is 0.402. The first kappa shape index (κ1) is 13.4. The molecule has 2 aromatic rings. The number of nitrogens with one attached hydrogen (secondary N) is 1. The van der Waals surface area contributed by atoms with Crippen LogP contribution in [-0.4, -0.2) is 26.1 Å². The van der Waals surface area contributed by atoms with Crippen LogP contribution in [0.3, 0.4) is 0 Å². The van der Waals surface area contributed by atoms with Gasteiger partial charge in [0.05, 0.1) is 12.8 Å². The summed E-state index contributed by atoms with van der Waals surface area (Å²) in [5.41, 5.74) is 3.34. The molecule has 0 aliphatic rings. The van der Waals surface area contributed by atoms with E-state index >= 15 is 0 Å². The summed E-state index contributed by atoms with van der Waals surface area (Å²) in [6, 6.07) is 16.4. The lowest BCUT2D eigenvalue weighted by Gasteiger charge is -2.12. The van der Waals surface area contributed by atoms with Crippen LogP contribution in [0.15, 0.2) is 48.5 Å². The summed E-state index contributed by atoms with van der Waals surface area (Å²) in [6.45, 7) is 0.953. The summed E-state index contributed by atoms with van der Waals surface area (Å²) in [4.78, 5) is 2.16. The van der Waals surface area contributed by atoms with Gasteiger partial charge >= 0.3 is 0 Å².